The van der Waals surface area contributed by atoms with E-state index in [0.29, 0.717) is 0 Å². The molecule has 0 saturated carbocycles. The molecule has 0 aromatic rings. The van der Waals surface area contributed by atoms with Crippen LogP contribution < -0.4 is 10.4 Å². The van der Waals surface area contributed by atoms with Gasteiger partial charge < -0.3 is 25.0 Å². The third-order valence-electron chi connectivity index (χ3n) is 3.25. The maximum absolute atomic E-state index is 11.7. The van der Waals surface area contributed by atoms with E-state index in [0.717, 1.165) is 4.90 Å². The van der Waals surface area contributed by atoms with Crippen LogP contribution in [0.5, 0.6) is 0 Å². The first-order valence-corrected chi connectivity index (χ1v) is 5.15. The van der Waals surface area contributed by atoms with Gasteiger partial charge in [-0.3, -0.25) is 4.90 Å². The lowest BCUT2D eigenvalue weighted by molar-refractivity contribution is -0.310. The molecule has 8 nitrogen and oxygen atoms in total. The van der Waals surface area contributed by atoms with Crippen molar-refractivity contribution >= 4 is 18.0 Å². The van der Waals surface area contributed by atoms with Crippen molar-refractivity contribution in [3.8, 4) is 0 Å². The Kier molecular flexibility index (Phi) is 2.37. The highest BCUT2D eigenvalue weighted by Gasteiger charge is 2.53. The summed E-state index contributed by atoms with van der Waals surface area (Å²) >= 11 is 0. The zero-order valence-electron chi connectivity index (χ0n) is 9.71. The Labute approximate surface area is 97.8 Å². The predicted octanol–water partition coefficient (Wildman–Crippen LogP) is -2.20. The van der Waals surface area contributed by atoms with Gasteiger partial charge in [0.2, 0.25) is 0 Å². The van der Waals surface area contributed by atoms with Crippen LogP contribution >= 0.6 is 0 Å². The second-order valence-corrected chi connectivity index (χ2v) is 4.21. The van der Waals surface area contributed by atoms with Gasteiger partial charge in [-0.25, -0.2) is 9.59 Å². The molecule has 0 bridgehead atoms. The molecular formula is C9H13N4O4-. The summed E-state index contributed by atoms with van der Waals surface area (Å²) in [6.45, 7) is 1.36. The number of fused-ring (bicyclic) bond motifs is 1. The second kappa shape index (κ2) is 3.51. The average molecular weight is 241 g/mol. The molecule has 0 aliphatic carbocycles. The molecule has 2 aliphatic rings. The zero-order chi connectivity index (χ0) is 12.9. The highest BCUT2D eigenvalue weighted by molar-refractivity contribution is 5.87. The molecule has 0 radical (unpaired) electrons. The van der Waals surface area contributed by atoms with Crippen molar-refractivity contribution in [1.82, 2.24) is 20.0 Å². The van der Waals surface area contributed by atoms with E-state index in [1.165, 1.54) is 23.8 Å². The fraction of sp³-hybridized carbons (Fsp3) is 0.667. The van der Waals surface area contributed by atoms with Crippen LogP contribution in [0.15, 0.2) is 0 Å². The standard InChI is InChI=1S/C9H14N4O4/c1-4(7(14)15)13-6-5(10-8(13)16)11(2)9(17)12(6)3/h4-6H,1-3H3,(H,10,16)(H,14,15)/p-1/t4-,5-,6+/m1/s1. The normalized spacial score (nSPS) is 29.5. The summed E-state index contributed by atoms with van der Waals surface area (Å²) in [5.74, 6) is -1.35. The van der Waals surface area contributed by atoms with Gasteiger partial charge in [-0.05, 0) is 6.92 Å². The fourth-order valence-corrected chi connectivity index (χ4v) is 2.24. The summed E-state index contributed by atoms with van der Waals surface area (Å²) in [6, 6.07) is -1.87. The van der Waals surface area contributed by atoms with Crippen LogP contribution in [0.1, 0.15) is 6.92 Å². The molecule has 0 spiro atoms. The van der Waals surface area contributed by atoms with Crippen molar-refractivity contribution < 1.29 is 19.5 Å². The molecule has 2 aliphatic heterocycles. The summed E-state index contributed by atoms with van der Waals surface area (Å²) in [5.41, 5.74) is 0. The third kappa shape index (κ3) is 1.40. The Bertz CT molecular complexity index is 398. The molecular weight excluding hydrogens is 228 g/mol. The van der Waals surface area contributed by atoms with Crippen LogP contribution in [-0.2, 0) is 4.79 Å². The minimum absolute atomic E-state index is 0.268. The van der Waals surface area contributed by atoms with Gasteiger partial charge in [0.25, 0.3) is 0 Å². The number of hydrogen-bond donors (Lipinski definition) is 1. The van der Waals surface area contributed by atoms with Crippen LogP contribution in [-0.4, -0.2) is 65.2 Å². The van der Waals surface area contributed by atoms with Gasteiger partial charge >= 0.3 is 12.1 Å². The third-order valence-corrected chi connectivity index (χ3v) is 3.25. The number of urea groups is 2. The molecule has 8 heteroatoms. The molecule has 17 heavy (non-hydrogen) atoms. The zero-order valence-corrected chi connectivity index (χ0v) is 9.71. The Hall–Kier alpha value is -1.99. The number of carbonyl (C=O) groups excluding carboxylic acids is 3. The molecule has 3 atom stereocenters. The number of hydrogen-bond acceptors (Lipinski definition) is 4. The monoisotopic (exact) mass is 241 g/mol. The Morgan fingerprint density at radius 2 is 1.94 bits per heavy atom. The van der Waals surface area contributed by atoms with E-state index in [4.69, 9.17) is 0 Å². The first-order valence-electron chi connectivity index (χ1n) is 5.15. The van der Waals surface area contributed by atoms with Gasteiger partial charge in [0.05, 0.1) is 12.0 Å². The predicted molar refractivity (Wildman–Crippen MR) is 53.3 cm³/mol. The highest BCUT2D eigenvalue weighted by atomic mass is 16.4. The van der Waals surface area contributed by atoms with Crippen LogP contribution in [0.2, 0.25) is 0 Å². The first-order chi connectivity index (χ1) is 7.86. The Morgan fingerprint density at radius 1 is 1.35 bits per heavy atom. The second-order valence-electron chi connectivity index (χ2n) is 4.21. The number of nitrogens with one attached hydrogen (secondary N) is 1. The average Bonchev–Trinajstić information content (AvgIpc) is 2.70. The van der Waals surface area contributed by atoms with Gasteiger partial charge in [0.1, 0.15) is 12.3 Å². The van der Waals surface area contributed by atoms with Crippen molar-refractivity contribution in [3.63, 3.8) is 0 Å². The lowest BCUT2D eigenvalue weighted by atomic mass is 10.2. The first kappa shape index (κ1) is 11.5. The smallest absolute Gasteiger partial charge is 0.323 e. The lowest BCUT2D eigenvalue weighted by Crippen LogP contribution is -2.54. The van der Waals surface area contributed by atoms with Crippen LogP contribution in [0.3, 0.4) is 0 Å². The van der Waals surface area contributed by atoms with Crippen molar-refractivity contribution in [2.24, 2.45) is 0 Å². The molecule has 94 valence electrons. The van der Waals surface area contributed by atoms with Crippen LogP contribution in [0.25, 0.3) is 0 Å². The minimum atomic E-state index is -1.35. The number of carboxylic acid groups (broad SMARTS) is 1. The van der Waals surface area contributed by atoms with Crippen molar-refractivity contribution in [2.45, 2.75) is 25.3 Å². The Balaban J connectivity index is 2.33. The number of likely N-dealkylation sites (N-methyl/N-ethyl adjacent to an activating group) is 2. The van der Waals surface area contributed by atoms with E-state index in [1.54, 1.807) is 7.05 Å². The van der Waals surface area contributed by atoms with Gasteiger partial charge in [-0.1, -0.05) is 0 Å². The summed E-state index contributed by atoms with van der Waals surface area (Å²) in [5, 5.41) is 13.4. The highest BCUT2D eigenvalue weighted by Crippen LogP contribution is 2.27. The summed E-state index contributed by atoms with van der Waals surface area (Å²) in [7, 11) is 3.08. The van der Waals surface area contributed by atoms with E-state index < -0.39 is 30.4 Å². The van der Waals surface area contributed by atoms with Gasteiger partial charge in [-0.2, -0.15) is 0 Å². The van der Waals surface area contributed by atoms with Gasteiger partial charge in [-0.15, -0.1) is 0 Å². The van der Waals surface area contributed by atoms with E-state index in [9.17, 15) is 19.5 Å². The molecule has 2 heterocycles. The minimum Gasteiger partial charge on any atom is -0.548 e. The molecule has 4 amide bonds. The molecule has 2 rings (SSSR count). The number of nitrogens with zero attached hydrogens (tertiary/aromatic N) is 3. The Morgan fingerprint density at radius 3 is 2.47 bits per heavy atom. The largest absolute Gasteiger partial charge is 0.548 e. The summed E-state index contributed by atoms with van der Waals surface area (Å²) in [6.07, 6.45) is -1.14. The molecule has 0 aromatic carbocycles. The number of amides is 4. The van der Waals surface area contributed by atoms with E-state index >= 15 is 0 Å². The SMILES string of the molecule is C[C@H](C(=O)[O-])N1C(=O)N[C@H]2[C@H]1N(C)C(=O)N2C. The fourth-order valence-electron chi connectivity index (χ4n) is 2.24. The quantitative estimate of drug-likeness (QED) is 0.593. The van der Waals surface area contributed by atoms with Gasteiger partial charge in [0.15, 0.2) is 0 Å². The molecule has 2 fully saturated rings. The van der Waals surface area contributed by atoms with E-state index in [-0.39, 0.29) is 6.03 Å². The summed E-state index contributed by atoms with van der Waals surface area (Å²) < 4.78 is 0. The number of rotatable bonds is 2. The van der Waals surface area contributed by atoms with E-state index in [1.807, 2.05) is 0 Å². The maximum atomic E-state index is 11.7. The van der Waals surface area contributed by atoms with Crippen LogP contribution in [0.4, 0.5) is 9.59 Å². The summed E-state index contributed by atoms with van der Waals surface area (Å²) in [4.78, 5) is 38.0. The number of aliphatic carboxylic acids is 1. The van der Waals surface area contributed by atoms with Crippen LogP contribution in [0, 0.1) is 0 Å². The molecule has 0 aromatic heterocycles. The number of carbonyl (C=O) groups is 3. The van der Waals surface area contributed by atoms with Crippen molar-refractivity contribution in [3.05, 3.63) is 0 Å². The van der Waals surface area contributed by atoms with Crippen molar-refractivity contribution in [2.75, 3.05) is 14.1 Å². The van der Waals surface area contributed by atoms with E-state index in [2.05, 4.69) is 5.32 Å². The molecule has 2 saturated heterocycles. The van der Waals surface area contributed by atoms with Gasteiger partial charge in [0, 0.05) is 14.1 Å². The maximum Gasteiger partial charge on any atom is 0.323 e. The van der Waals surface area contributed by atoms with Crippen molar-refractivity contribution in [1.29, 1.82) is 0 Å². The topological polar surface area (TPSA) is 96.0 Å². The molecule has 0 unspecified atom stereocenters. The number of carboxylic acids is 1. The molecule has 1 N–H and O–H groups in total. The lowest BCUT2D eigenvalue weighted by Gasteiger charge is -2.32.